The van der Waals surface area contributed by atoms with Crippen LogP contribution in [-0.4, -0.2) is 68.0 Å². The predicted octanol–water partition coefficient (Wildman–Crippen LogP) is 0.833. The molecule has 164 valence electrons. The summed E-state index contributed by atoms with van der Waals surface area (Å²) in [4.78, 5) is 25.5. The molecule has 0 saturated carbocycles. The number of benzene rings is 1. The zero-order valence-electron chi connectivity index (χ0n) is 16.8. The van der Waals surface area contributed by atoms with Gasteiger partial charge in [0.1, 0.15) is 23.2 Å². The number of Topliss-reactive ketones (excluding diaryl/α,β-unsaturated/α-hetero) is 1. The lowest BCUT2D eigenvalue weighted by molar-refractivity contribution is -0.212. The van der Waals surface area contributed by atoms with E-state index in [1.54, 1.807) is 0 Å². The van der Waals surface area contributed by atoms with Gasteiger partial charge in [-0.3, -0.25) is 4.79 Å². The topological polar surface area (TPSA) is 154 Å². The predicted molar refractivity (Wildman–Crippen MR) is 103 cm³/mol. The van der Waals surface area contributed by atoms with Crippen molar-refractivity contribution in [3.63, 3.8) is 0 Å². The van der Waals surface area contributed by atoms with Crippen LogP contribution in [0.1, 0.15) is 48.5 Å². The van der Waals surface area contributed by atoms with Gasteiger partial charge in [0.2, 0.25) is 0 Å². The van der Waals surface area contributed by atoms with Gasteiger partial charge in [-0.15, -0.1) is 0 Å². The van der Waals surface area contributed by atoms with E-state index < -0.39 is 35.0 Å². The van der Waals surface area contributed by atoms with Crippen LogP contribution in [0.5, 0.6) is 11.5 Å². The van der Waals surface area contributed by atoms with Gasteiger partial charge < -0.3 is 35.0 Å². The molecule has 0 fully saturated rings. The molecule has 9 heteroatoms. The molecule has 5 N–H and O–H groups in total. The molecule has 1 aliphatic heterocycles. The highest BCUT2D eigenvalue weighted by atomic mass is 16.6. The number of phenolic OH excluding ortho intramolecular Hbond substituents is 2. The number of ether oxygens (including phenoxy) is 2. The lowest BCUT2D eigenvalue weighted by Gasteiger charge is -2.42. The van der Waals surface area contributed by atoms with Crippen LogP contribution < -0.4 is 0 Å². The van der Waals surface area contributed by atoms with Gasteiger partial charge in [0, 0.05) is 37.5 Å². The molecule has 9 nitrogen and oxygen atoms in total. The van der Waals surface area contributed by atoms with Crippen molar-refractivity contribution in [1.82, 2.24) is 0 Å². The van der Waals surface area contributed by atoms with Crippen molar-refractivity contribution < 1.29 is 44.6 Å². The third-order valence-electron chi connectivity index (χ3n) is 5.67. The van der Waals surface area contributed by atoms with Crippen molar-refractivity contribution in [2.75, 3.05) is 13.2 Å². The fourth-order valence-corrected chi connectivity index (χ4v) is 3.97. The van der Waals surface area contributed by atoms with Crippen LogP contribution in [-0.2, 0) is 14.3 Å². The van der Waals surface area contributed by atoms with Gasteiger partial charge in [0.15, 0.2) is 17.2 Å². The van der Waals surface area contributed by atoms with Gasteiger partial charge in [-0.2, -0.15) is 0 Å². The van der Waals surface area contributed by atoms with Gasteiger partial charge in [0.25, 0.3) is 0 Å². The largest absolute Gasteiger partial charge is 0.508 e. The molecule has 0 saturated heterocycles. The quantitative estimate of drug-likeness (QED) is 0.434. The monoisotopic (exact) mass is 422 g/mol. The zero-order chi connectivity index (χ0) is 22.3. The first-order valence-corrected chi connectivity index (χ1v) is 9.67. The first-order chi connectivity index (χ1) is 14.0. The number of aliphatic hydroxyl groups is 3. The number of ketones is 1. The van der Waals surface area contributed by atoms with Crippen molar-refractivity contribution in [3.8, 4) is 11.5 Å². The van der Waals surface area contributed by atoms with Gasteiger partial charge in [-0.1, -0.05) is 5.57 Å². The third kappa shape index (κ3) is 4.06. The Morgan fingerprint density at radius 2 is 2.00 bits per heavy atom. The zero-order valence-corrected chi connectivity index (χ0v) is 16.8. The Kier molecular flexibility index (Phi) is 5.92. The van der Waals surface area contributed by atoms with Crippen LogP contribution in [0.25, 0.3) is 0 Å². The van der Waals surface area contributed by atoms with Gasteiger partial charge in [-0.25, -0.2) is 4.79 Å². The van der Waals surface area contributed by atoms with Gasteiger partial charge in [-0.05, 0) is 31.9 Å². The molecule has 0 aromatic heterocycles. The van der Waals surface area contributed by atoms with Crippen LogP contribution in [0.3, 0.4) is 0 Å². The van der Waals surface area contributed by atoms with E-state index in [2.05, 4.69) is 0 Å². The van der Waals surface area contributed by atoms with E-state index in [1.807, 2.05) is 0 Å². The minimum atomic E-state index is -2.02. The maximum absolute atomic E-state index is 12.8. The molecule has 0 bridgehead atoms. The second-order valence-electron chi connectivity index (χ2n) is 8.05. The van der Waals surface area contributed by atoms with Crippen molar-refractivity contribution in [2.45, 2.75) is 57.0 Å². The molecule has 1 heterocycles. The minimum Gasteiger partial charge on any atom is -0.508 e. The Morgan fingerprint density at radius 1 is 1.30 bits per heavy atom. The lowest BCUT2D eigenvalue weighted by Crippen LogP contribution is -2.55. The number of aryl methyl sites for hydroxylation is 1. The lowest BCUT2D eigenvalue weighted by atomic mass is 9.75. The fourth-order valence-electron chi connectivity index (χ4n) is 3.97. The normalized spacial score (nSPS) is 29.0. The Balaban J connectivity index is 1.86. The average Bonchev–Trinajstić information content (AvgIpc) is 2.64. The SMILES string of the molecule is Cc1cc(O)cc(O)c1C(=O)O[C@H]1CC2=C(CO[C@](O)(CCCO)C2)C(=O)[C@@]1(C)O. The molecule has 1 aliphatic carbocycles. The highest BCUT2D eigenvalue weighted by Crippen LogP contribution is 2.41. The first-order valence-electron chi connectivity index (χ1n) is 9.67. The summed E-state index contributed by atoms with van der Waals surface area (Å²) in [5.41, 5.74) is -1.17. The number of hydrogen-bond acceptors (Lipinski definition) is 9. The summed E-state index contributed by atoms with van der Waals surface area (Å²) in [6, 6.07) is 2.27. The van der Waals surface area contributed by atoms with Crippen LogP contribution >= 0.6 is 0 Å². The summed E-state index contributed by atoms with van der Waals surface area (Å²) in [6.07, 6.45) is -0.785. The maximum Gasteiger partial charge on any atom is 0.342 e. The third-order valence-corrected chi connectivity index (χ3v) is 5.67. The van der Waals surface area contributed by atoms with Crippen LogP contribution in [0.2, 0.25) is 0 Å². The van der Waals surface area contributed by atoms with E-state index in [-0.39, 0.29) is 54.9 Å². The van der Waals surface area contributed by atoms with Gasteiger partial charge in [0.05, 0.1) is 6.61 Å². The van der Waals surface area contributed by atoms with Gasteiger partial charge >= 0.3 is 5.97 Å². The molecule has 1 aromatic rings. The second-order valence-corrected chi connectivity index (χ2v) is 8.05. The number of aromatic hydroxyl groups is 2. The Morgan fingerprint density at radius 3 is 2.63 bits per heavy atom. The van der Waals surface area contributed by atoms with Crippen LogP contribution in [0.4, 0.5) is 0 Å². The molecule has 0 radical (unpaired) electrons. The van der Waals surface area contributed by atoms with E-state index in [9.17, 15) is 30.0 Å². The molecule has 0 amide bonds. The highest BCUT2D eigenvalue weighted by Gasteiger charge is 2.51. The van der Waals surface area contributed by atoms with E-state index in [1.165, 1.54) is 19.9 Å². The molecule has 0 spiro atoms. The van der Waals surface area contributed by atoms with Crippen molar-refractivity contribution in [3.05, 3.63) is 34.4 Å². The summed E-state index contributed by atoms with van der Waals surface area (Å²) in [6.45, 7) is 2.43. The molecule has 0 unspecified atom stereocenters. The van der Waals surface area contributed by atoms with Crippen LogP contribution in [0, 0.1) is 6.92 Å². The Labute approximate surface area is 173 Å². The standard InChI is InChI=1S/C21H26O9/c1-11-6-13(23)8-15(24)17(11)19(26)30-16-7-12-9-21(28,4-3-5-22)29-10-14(12)18(25)20(16,2)27/h6,8,16,22-24,27-28H,3-5,7,9-10H2,1-2H3/t16-,20-,21+/m0/s1. The van der Waals surface area contributed by atoms with Crippen molar-refractivity contribution in [2.24, 2.45) is 0 Å². The Hall–Kier alpha value is -2.46. The molecule has 3 rings (SSSR count). The second kappa shape index (κ2) is 7.99. The maximum atomic E-state index is 12.8. The molecule has 3 atom stereocenters. The van der Waals surface area contributed by atoms with E-state index in [0.717, 1.165) is 6.07 Å². The van der Waals surface area contributed by atoms with Crippen molar-refractivity contribution in [1.29, 1.82) is 0 Å². The van der Waals surface area contributed by atoms with E-state index in [0.29, 0.717) is 12.0 Å². The number of carbonyl (C=O) groups excluding carboxylic acids is 2. The number of phenols is 2. The number of aliphatic hydroxyl groups excluding tert-OH is 1. The van der Waals surface area contributed by atoms with E-state index in [4.69, 9.17) is 14.6 Å². The fraction of sp³-hybridized carbons (Fsp3) is 0.524. The molecular formula is C21H26O9. The summed E-state index contributed by atoms with van der Waals surface area (Å²) in [7, 11) is 0. The van der Waals surface area contributed by atoms with E-state index >= 15 is 0 Å². The number of carbonyl (C=O) groups is 2. The summed E-state index contributed by atoms with van der Waals surface area (Å²) < 4.78 is 10.8. The smallest absolute Gasteiger partial charge is 0.342 e. The summed E-state index contributed by atoms with van der Waals surface area (Å²) >= 11 is 0. The van der Waals surface area contributed by atoms with Crippen LogP contribution in [0.15, 0.2) is 23.3 Å². The number of esters is 1. The minimum absolute atomic E-state index is 0.00248. The summed E-state index contributed by atoms with van der Waals surface area (Å²) in [5, 5.41) is 49.9. The average molecular weight is 422 g/mol. The molecule has 2 aliphatic rings. The van der Waals surface area contributed by atoms with Crippen molar-refractivity contribution >= 4 is 11.8 Å². The molecule has 30 heavy (non-hydrogen) atoms. The number of rotatable bonds is 5. The molecule has 1 aromatic carbocycles. The highest BCUT2D eigenvalue weighted by molar-refractivity contribution is 6.04. The Bertz CT molecular complexity index is 879. The summed E-state index contributed by atoms with van der Waals surface area (Å²) in [5.74, 6) is -3.86. The first kappa shape index (κ1) is 22.2. The molecular weight excluding hydrogens is 396 g/mol. The number of hydrogen-bond donors (Lipinski definition) is 5.